The van der Waals surface area contributed by atoms with E-state index in [-0.39, 0.29) is 56.8 Å². The Morgan fingerprint density at radius 2 is 1.12 bits per heavy atom. The van der Waals surface area contributed by atoms with Crippen molar-refractivity contribution in [2.24, 2.45) is 0 Å². The fourth-order valence-corrected chi connectivity index (χ4v) is 14.5. The standard InChI is InChI=1S/C82H84N4OS/c1-16-82(15,17-2)55-41-42-83-73(48-55)86-70-40-39-64-63-29-21-24-36-72(63)88-77(64)75(70)65-38-37-59(50-71(65)86)87-60-46-54(74-66(80(9,10)11)32-26-33-67(74)81(12,13)14)45-58(49-60)84-51-85(69-35-23-22-34-68(69)84)76-61(52-27-19-18-20-28-52)30-25-31-62(76)53-43-56(78(3,4)5)47-57(44-53)79(6,7)8/h18-50H,16-17,51H2,1-15H3/i18D,19D,20D,27D,28D. The van der Waals surface area contributed by atoms with E-state index < -0.39 is 6.04 Å². The highest BCUT2D eigenvalue weighted by molar-refractivity contribution is 7.26. The van der Waals surface area contributed by atoms with Crippen molar-refractivity contribution in [3.05, 3.63) is 228 Å². The van der Waals surface area contributed by atoms with Crippen LogP contribution in [0.5, 0.6) is 11.5 Å². The van der Waals surface area contributed by atoms with E-state index in [2.05, 4.69) is 270 Å². The molecule has 4 heterocycles. The molecule has 0 aliphatic carbocycles. The quantitative estimate of drug-likeness (QED) is 0.129. The van der Waals surface area contributed by atoms with Crippen molar-refractivity contribution in [1.82, 2.24) is 9.55 Å². The van der Waals surface area contributed by atoms with Crippen molar-refractivity contribution >= 4 is 76.1 Å². The molecular weight excluding hydrogens is 1090 g/mol. The normalized spacial score (nSPS) is 14.2. The maximum absolute atomic E-state index is 9.52. The maximum atomic E-state index is 9.52. The van der Waals surface area contributed by atoms with E-state index in [9.17, 15) is 2.74 Å². The molecule has 1 aliphatic rings. The Hall–Kier alpha value is -8.45. The van der Waals surface area contributed by atoms with Gasteiger partial charge in [-0.3, -0.25) is 4.57 Å². The first-order chi connectivity index (χ1) is 44.0. The number of hydrogen-bond donors (Lipinski definition) is 0. The van der Waals surface area contributed by atoms with Crippen LogP contribution in [0.4, 0.5) is 22.7 Å². The van der Waals surface area contributed by atoms with Gasteiger partial charge in [-0.15, -0.1) is 11.3 Å². The summed E-state index contributed by atoms with van der Waals surface area (Å²) >= 11 is 1.84. The molecule has 0 saturated carbocycles. The van der Waals surface area contributed by atoms with E-state index >= 15 is 0 Å². The Morgan fingerprint density at radius 1 is 0.500 bits per heavy atom. The zero-order chi connectivity index (χ0) is 66.2. The monoisotopic (exact) mass is 1180 g/mol. The fraction of sp³-hybridized carbons (Fsp3) is 0.280. The van der Waals surface area contributed by atoms with Gasteiger partial charge in [0.15, 0.2) is 0 Å². The fourth-order valence-electron chi connectivity index (χ4n) is 13.3. The third-order valence-corrected chi connectivity index (χ3v) is 19.9. The predicted molar refractivity (Wildman–Crippen MR) is 379 cm³/mol. The third kappa shape index (κ3) is 10.3. The zero-order valence-corrected chi connectivity index (χ0v) is 54.7. The highest BCUT2D eigenvalue weighted by atomic mass is 32.1. The van der Waals surface area contributed by atoms with Crippen LogP contribution in [0.3, 0.4) is 0 Å². The first-order valence-corrected chi connectivity index (χ1v) is 32.1. The van der Waals surface area contributed by atoms with E-state index in [1.807, 2.05) is 29.7 Å². The van der Waals surface area contributed by atoms with Crippen LogP contribution in [0.25, 0.3) is 81.2 Å². The summed E-state index contributed by atoms with van der Waals surface area (Å²) in [5.74, 6) is 2.20. The van der Waals surface area contributed by atoms with Gasteiger partial charge in [0, 0.05) is 66.1 Å². The van der Waals surface area contributed by atoms with Crippen molar-refractivity contribution in [3.8, 4) is 50.7 Å². The second-order valence-corrected chi connectivity index (χ2v) is 29.7. The van der Waals surface area contributed by atoms with Gasteiger partial charge < -0.3 is 14.5 Å². The Kier molecular flexibility index (Phi) is 13.0. The van der Waals surface area contributed by atoms with Crippen molar-refractivity contribution in [1.29, 1.82) is 0 Å². The number of fused-ring (bicyclic) bond motifs is 8. The number of benzene rings is 9. The van der Waals surface area contributed by atoms with Crippen LogP contribution in [0.2, 0.25) is 0 Å². The van der Waals surface area contributed by atoms with Gasteiger partial charge in [0.05, 0.1) is 34.9 Å². The van der Waals surface area contributed by atoms with Gasteiger partial charge in [0.25, 0.3) is 0 Å². The molecule has 0 spiro atoms. The number of nitrogens with zero attached hydrogens (tertiary/aromatic N) is 4. The van der Waals surface area contributed by atoms with E-state index in [0.717, 1.165) is 80.1 Å². The molecule has 0 amide bonds. The summed E-state index contributed by atoms with van der Waals surface area (Å²) in [4.78, 5) is 9.79. The van der Waals surface area contributed by atoms with E-state index in [4.69, 9.17) is 13.8 Å². The van der Waals surface area contributed by atoms with Gasteiger partial charge in [0.1, 0.15) is 24.0 Å². The molecule has 13 rings (SSSR count). The van der Waals surface area contributed by atoms with Crippen molar-refractivity contribution < 1.29 is 11.6 Å². The summed E-state index contributed by atoms with van der Waals surface area (Å²) in [6.07, 6.45) is 3.97. The number of para-hydroxylation sites is 3. The minimum Gasteiger partial charge on any atom is -0.457 e. The molecule has 6 heteroatoms. The SMILES string of the molecule is [2H]c1c([2H])c([2H])c(-c2cccc(-c3cc(C(C)(C)C)cc(C(C)(C)C)c3)c2N2CN(c3cc(Oc4ccc5c6c7sc8ccccc8c7ccc6n(-c6cc(C(C)(CC)CC)ccn6)c5c4)cc(-c4c(C(C)(C)C)cccc4C(C)(C)C)c3)c3ccccc32)c([2H])c1[2H]. The zero-order valence-electron chi connectivity index (χ0n) is 58.9. The Balaban J connectivity index is 1.04. The summed E-state index contributed by atoms with van der Waals surface area (Å²) in [7, 11) is 0. The second kappa shape index (κ2) is 21.7. The number of aromatic nitrogens is 2. The van der Waals surface area contributed by atoms with Crippen LogP contribution < -0.4 is 14.5 Å². The maximum Gasteiger partial charge on any atom is 0.137 e. The van der Waals surface area contributed by atoms with Crippen molar-refractivity contribution in [3.63, 3.8) is 0 Å². The summed E-state index contributed by atoms with van der Waals surface area (Å²) in [6.45, 7) is 34.4. The number of hydrogen-bond acceptors (Lipinski definition) is 5. The molecule has 0 N–H and O–H groups in total. The molecule has 444 valence electrons. The molecule has 9 aromatic carbocycles. The molecule has 5 nitrogen and oxygen atoms in total. The Morgan fingerprint density at radius 3 is 1.78 bits per heavy atom. The van der Waals surface area contributed by atoms with Crippen LogP contribution in [-0.2, 0) is 27.1 Å². The first-order valence-electron chi connectivity index (χ1n) is 33.8. The predicted octanol–water partition coefficient (Wildman–Crippen LogP) is 23.9. The highest BCUT2D eigenvalue weighted by Gasteiger charge is 2.35. The van der Waals surface area contributed by atoms with Gasteiger partial charge in [-0.1, -0.05) is 225 Å². The number of rotatable bonds is 11. The van der Waals surface area contributed by atoms with Gasteiger partial charge in [-0.2, -0.15) is 0 Å². The first kappa shape index (κ1) is 52.7. The van der Waals surface area contributed by atoms with Crippen LogP contribution in [0.15, 0.2) is 200 Å². The molecule has 0 unspecified atom stereocenters. The van der Waals surface area contributed by atoms with Crippen LogP contribution in [0.1, 0.15) is 151 Å². The lowest BCUT2D eigenvalue weighted by molar-refractivity contribution is 0.438. The molecule has 88 heavy (non-hydrogen) atoms. The number of ether oxygens (including phenoxy) is 1. The van der Waals surface area contributed by atoms with E-state index in [1.54, 1.807) is 0 Å². The summed E-state index contributed by atoms with van der Waals surface area (Å²) in [6, 6.07) is 57.3. The van der Waals surface area contributed by atoms with E-state index in [1.165, 1.54) is 53.4 Å². The van der Waals surface area contributed by atoms with Crippen molar-refractivity contribution in [2.75, 3.05) is 16.5 Å². The van der Waals surface area contributed by atoms with Gasteiger partial charge in [0.2, 0.25) is 0 Å². The molecule has 0 bridgehead atoms. The number of anilines is 4. The molecule has 12 aromatic rings. The Bertz CT molecular complexity index is 4890. The van der Waals surface area contributed by atoms with Crippen LogP contribution in [-0.4, -0.2) is 16.2 Å². The summed E-state index contributed by atoms with van der Waals surface area (Å²) in [5.41, 5.74) is 15.4. The van der Waals surface area contributed by atoms with Gasteiger partial charge in [-0.25, -0.2) is 4.98 Å². The molecule has 0 fully saturated rings. The topological polar surface area (TPSA) is 33.5 Å². The lowest BCUT2D eigenvalue weighted by atomic mass is 9.74. The average molecular weight is 1180 g/mol. The van der Waals surface area contributed by atoms with Gasteiger partial charge >= 0.3 is 0 Å². The molecule has 3 aromatic heterocycles. The molecule has 1 aliphatic heterocycles. The van der Waals surface area contributed by atoms with Crippen LogP contribution >= 0.6 is 11.3 Å². The molecule has 0 atom stereocenters. The molecule has 0 radical (unpaired) electrons. The van der Waals surface area contributed by atoms with E-state index in [0.29, 0.717) is 23.7 Å². The summed E-state index contributed by atoms with van der Waals surface area (Å²) in [5, 5.41) is 4.81. The molecular formula is C82H84N4OS. The third-order valence-electron chi connectivity index (χ3n) is 18.7. The smallest absolute Gasteiger partial charge is 0.137 e. The lowest BCUT2D eigenvalue weighted by Crippen LogP contribution is -2.25. The lowest BCUT2D eigenvalue weighted by Gasteiger charge is -2.31. The number of pyridine rings is 1. The number of thiophene rings is 1. The Labute approximate surface area is 533 Å². The highest BCUT2D eigenvalue weighted by Crippen LogP contribution is 2.53. The second-order valence-electron chi connectivity index (χ2n) is 28.7. The van der Waals surface area contributed by atoms with Gasteiger partial charge in [-0.05, 0) is 151 Å². The van der Waals surface area contributed by atoms with Crippen LogP contribution in [0, 0.1) is 0 Å². The van der Waals surface area contributed by atoms with Crippen molar-refractivity contribution in [2.45, 2.75) is 144 Å². The molecule has 0 saturated heterocycles. The minimum atomic E-state index is -0.429. The average Bonchev–Trinajstić information content (AvgIpc) is 1.62. The summed E-state index contributed by atoms with van der Waals surface area (Å²) < 4.78 is 58.0. The minimum absolute atomic E-state index is 0.0260. The largest absolute Gasteiger partial charge is 0.457 e.